The predicted molar refractivity (Wildman–Crippen MR) is 52.5 cm³/mol. The second kappa shape index (κ2) is 2.82. The van der Waals surface area contributed by atoms with Crippen LogP contribution >= 0.6 is 0 Å². The van der Waals surface area contributed by atoms with Gasteiger partial charge in [0.2, 0.25) is 5.71 Å². The number of Topliss-reactive ketones (excluding diaryl/α,β-unsaturated/α-hetero) is 1. The average Bonchev–Trinajstić information content (AvgIpc) is 2.58. The minimum atomic E-state index is -1.12. The van der Waals surface area contributed by atoms with Gasteiger partial charge in [-0.3, -0.25) is 4.79 Å². The summed E-state index contributed by atoms with van der Waals surface area (Å²) in [6.07, 6.45) is 5.09. The first-order chi connectivity index (χ1) is 7.66. The highest BCUT2D eigenvalue weighted by atomic mass is 16.5. The van der Waals surface area contributed by atoms with Gasteiger partial charge in [-0.05, 0) is 0 Å². The predicted octanol–water partition coefficient (Wildman–Crippen LogP) is 0.445. The normalized spacial score (nSPS) is 14.4. The van der Waals surface area contributed by atoms with Gasteiger partial charge in [0, 0.05) is 12.0 Å². The fourth-order valence-corrected chi connectivity index (χ4v) is 1.70. The van der Waals surface area contributed by atoms with E-state index in [1.54, 1.807) is 12.2 Å². The van der Waals surface area contributed by atoms with Gasteiger partial charge in [-0.15, -0.1) is 4.57 Å². The largest absolute Gasteiger partial charge is 0.442 e. The van der Waals surface area contributed by atoms with E-state index in [4.69, 9.17) is 4.42 Å². The topological polar surface area (TPSA) is 81.9 Å². The standard InChI is InChI=1S/C10H5NO5/c12-6-3-1-2-5-4-11-8(7(5)6)15-9(13)10(14)16-11/h1-2,4H,3H2. The van der Waals surface area contributed by atoms with E-state index in [0.717, 1.165) is 4.57 Å². The molecule has 0 N–H and O–H groups in total. The number of fused-ring (bicyclic) bond motifs is 3. The molecule has 0 fully saturated rings. The maximum atomic E-state index is 11.6. The molecule has 0 unspecified atom stereocenters. The molecule has 2 heterocycles. The van der Waals surface area contributed by atoms with Crippen molar-refractivity contribution < 1.29 is 13.7 Å². The molecule has 3 rings (SSSR count). The molecule has 1 aliphatic carbocycles. The van der Waals surface area contributed by atoms with E-state index in [1.165, 1.54) is 6.20 Å². The highest BCUT2D eigenvalue weighted by Crippen LogP contribution is 2.24. The van der Waals surface area contributed by atoms with Crippen molar-refractivity contribution in [2.45, 2.75) is 6.42 Å². The number of carbonyl (C=O) groups excluding carboxylic acids is 1. The van der Waals surface area contributed by atoms with Crippen LogP contribution < -0.4 is 11.3 Å². The smallest absolute Gasteiger partial charge is 0.397 e. The van der Waals surface area contributed by atoms with Crippen LogP contribution in [0.2, 0.25) is 0 Å². The van der Waals surface area contributed by atoms with E-state index in [1.807, 2.05) is 0 Å². The van der Waals surface area contributed by atoms with Crippen LogP contribution in [0.4, 0.5) is 0 Å². The molecule has 0 aromatic carbocycles. The lowest BCUT2D eigenvalue weighted by Crippen LogP contribution is -2.23. The fourth-order valence-electron chi connectivity index (χ4n) is 1.70. The molecule has 16 heavy (non-hydrogen) atoms. The van der Waals surface area contributed by atoms with Crippen LogP contribution in [0.25, 0.3) is 11.8 Å². The molecule has 0 amide bonds. The van der Waals surface area contributed by atoms with Gasteiger partial charge in [0.15, 0.2) is 5.78 Å². The molecule has 0 aliphatic heterocycles. The summed E-state index contributed by atoms with van der Waals surface area (Å²) >= 11 is 0. The summed E-state index contributed by atoms with van der Waals surface area (Å²) in [6, 6.07) is 0. The molecule has 1 aliphatic rings. The van der Waals surface area contributed by atoms with Crippen molar-refractivity contribution in [3.63, 3.8) is 0 Å². The zero-order valence-electron chi connectivity index (χ0n) is 7.93. The van der Waals surface area contributed by atoms with Crippen LogP contribution in [-0.2, 0) is 0 Å². The Bertz CT molecular complexity index is 743. The zero-order chi connectivity index (χ0) is 11.3. The van der Waals surface area contributed by atoms with E-state index < -0.39 is 11.3 Å². The molecule has 0 spiro atoms. The minimum Gasteiger partial charge on any atom is -0.397 e. The maximum Gasteiger partial charge on any atom is 0.442 e. The number of aromatic nitrogens is 1. The van der Waals surface area contributed by atoms with Gasteiger partial charge >= 0.3 is 11.3 Å². The van der Waals surface area contributed by atoms with Gasteiger partial charge in [-0.25, -0.2) is 9.59 Å². The van der Waals surface area contributed by atoms with Crippen LogP contribution in [0, 0.1) is 0 Å². The third-order valence-corrected chi connectivity index (χ3v) is 2.38. The Morgan fingerprint density at radius 3 is 2.81 bits per heavy atom. The van der Waals surface area contributed by atoms with E-state index in [9.17, 15) is 14.4 Å². The number of rotatable bonds is 0. The second-order valence-electron chi connectivity index (χ2n) is 3.39. The Labute approximate surface area is 87.4 Å². The second-order valence-corrected chi connectivity index (χ2v) is 3.39. The highest BCUT2D eigenvalue weighted by Gasteiger charge is 2.22. The summed E-state index contributed by atoms with van der Waals surface area (Å²) in [6.45, 7) is 0. The van der Waals surface area contributed by atoms with Crippen LogP contribution in [0.3, 0.4) is 0 Å². The molecular formula is C10H5NO5. The zero-order valence-corrected chi connectivity index (χ0v) is 7.93. The van der Waals surface area contributed by atoms with Crippen molar-refractivity contribution in [1.82, 2.24) is 4.57 Å². The van der Waals surface area contributed by atoms with Crippen molar-refractivity contribution in [2.75, 3.05) is 0 Å². The lowest BCUT2D eigenvalue weighted by molar-refractivity contribution is 0.0994. The monoisotopic (exact) mass is 219 g/mol. The molecule has 6 nitrogen and oxygen atoms in total. The number of hydrogen-bond acceptors (Lipinski definition) is 5. The molecule has 6 heteroatoms. The number of hydrogen-bond donors (Lipinski definition) is 0. The quantitative estimate of drug-likeness (QED) is 0.600. The van der Waals surface area contributed by atoms with Gasteiger partial charge in [0.25, 0.3) is 0 Å². The van der Waals surface area contributed by atoms with E-state index in [0.29, 0.717) is 5.56 Å². The molecule has 2 aromatic rings. The Morgan fingerprint density at radius 1 is 1.19 bits per heavy atom. The summed E-state index contributed by atoms with van der Waals surface area (Å²) < 4.78 is 10.4. The maximum absolute atomic E-state index is 11.6. The number of nitrogens with zero attached hydrogens (tertiary/aromatic N) is 1. The van der Waals surface area contributed by atoms with Crippen LogP contribution in [-0.4, -0.2) is 10.4 Å². The van der Waals surface area contributed by atoms with Crippen LogP contribution in [0.5, 0.6) is 0 Å². The van der Waals surface area contributed by atoms with Gasteiger partial charge in [-0.1, -0.05) is 12.2 Å². The van der Waals surface area contributed by atoms with Gasteiger partial charge in [-0.2, -0.15) is 0 Å². The van der Waals surface area contributed by atoms with Crippen molar-refractivity contribution >= 4 is 17.6 Å². The summed E-state index contributed by atoms with van der Waals surface area (Å²) in [5, 5.41) is 0. The van der Waals surface area contributed by atoms with Crippen LogP contribution in [0.15, 0.2) is 30.8 Å². The third kappa shape index (κ3) is 1.04. The van der Waals surface area contributed by atoms with E-state index >= 15 is 0 Å². The van der Waals surface area contributed by atoms with E-state index in [2.05, 4.69) is 4.52 Å². The van der Waals surface area contributed by atoms with Gasteiger partial charge in [0.05, 0.1) is 11.8 Å². The molecule has 0 atom stereocenters. The minimum absolute atomic E-state index is 0.0195. The van der Waals surface area contributed by atoms with Crippen molar-refractivity contribution in [3.05, 3.63) is 44.2 Å². The van der Waals surface area contributed by atoms with Gasteiger partial charge < -0.3 is 8.94 Å². The lowest BCUT2D eigenvalue weighted by Gasteiger charge is -2.01. The molecule has 0 saturated carbocycles. The van der Waals surface area contributed by atoms with E-state index in [-0.39, 0.29) is 23.5 Å². The molecule has 2 aromatic heterocycles. The third-order valence-electron chi connectivity index (χ3n) is 2.38. The Hall–Kier alpha value is -2.37. The van der Waals surface area contributed by atoms with Gasteiger partial charge in [0.1, 0.15) is 0 Å². The summed E-state index contributed by atoms with van der Waals surface area (Å²) in [5.41, 5.74) is -1.38. The van der Waals surface area contributed by atoms with Crippen LogP contribution in [0.1, 0.15) is 22.3 Å². The van der Waals surface area contributed by atoms with Crippen molar-refractivity contribution in [2.24, 2.45) is 0 Å². The molecular weight excluding hydrogens is 214 g/mol. The first-order valence-corrected chi connectivity index (χ1v) is 4.56. The molecule has 80 valence electrons. The first kappa shape index (κ1) is 8.90. The fraction of sp³-hybridized carbons (Fsp3) is 0.100. The highest BCUT2D eigenvalue weighted by molar-refractivity contribution is 6.07. The Kier molecular flexibility index (Phi) is 1.57. The number of allylic oxidation sites excluding steroid dienone is 1. The lowest BCUT2D eigenvalue weighted by atomic mass is 10.0. The number of ketones is 1. The Morgan fingerprint density at radius 2 is 2.00 bits per heavy atom. The average molecular weight is 219 g/mol. The molecule has 0 bridgehead atoms. The number of carbonyl (C=O) groups is 1. The Balaban J connectivity index is 2.53. The summed E-state index contributed by atoms with van der Waals surface area (Å²) in [4.78, 5) is 33.5. The SMILES string of the molecule is O=C1CC=Cc2cn3oc(=O)c(=O)oc3c21. The van der Waals surface area contributed by atoms with Crippen molar-refractivity contribution in [3.8, 4) is 0 Å². The summed E-state index contributed by atoms with van der Waals surface area (Å²) in [7, 11) is 0. The summed E-state index contributed by atoms with van der Waals surface area (Å²) in [5.74, 6) is -0.169. The first-order valence-electron chi connectivity index (χ1n) is 4.56. The van der Waals surface area contributed by atoms with Crippen molar-refractivity contribution in [1.29, 1.82) is 0 Å². The molecule has 0 radical (unpaired) electrons. The molecule has 0 saturated heterocycles.